The molecule has 0 aliphatic rings. The molecular formula is C15H23NO2. The highest BCUT2D eigenvalue weighted by Gasteiger charge is 2.05. The summed E-state index contributed by atoms with van der Waals surface area (Å²) in [6.45, 7) is 8.30. The second kappa shape index (κ2) is 7.04. The molecule has 0 fully saturated rings. The van der Waals surface area contributed by atoms with Crippen LogP contribution in [0.25, 0.3) is 0 Å². The average Bonchev–Trinajstić information content (AvgIpc) is 2.35. The maximum Gasteiger partial charge on any atom is 0.258 e. The second-order valence-corrected chi connectivity index (χ2v) is 4.89. The molecule has 1 aromatic rings. The molecule has 0 aliphatic heterocycles. The molecule has 0 radical (unpaired) electrons. The van der Waals surface area contributed by atoms with Crippen LogP contribution < -0.4 is 10.1 Å². The van der Waals surface area contributed by atoms with Crippen LogP contribution in [-0.2, 0) is 4.79 Å². The van der Waals surface area contributed by atoms with E-state index in [0.29, 0.717) is 5.92 Å². The third kappa shape index (κ3) is 4.78. The van der Waals surface area contributed by atoms with Gasteiger partial charge in [0, 0.05) is 6.04 Å². The lowest BCUT2D eigenvalue weighted by Crippen LogP contribution is -2.34. The minimum absolute atomic E-state index is 0.0703. The van der Waals surface area contributed by atoms with Gasteiger partial charge in [-0.3, -0.25) is 4.79 Å². The minimum atomic E-state index is -0.0870. The number of carbonyl (C=O) groups excluding carboxylic acids is 1. The summed E-state index contributed by atoms with van der Waals surface area (Å²) in [5, 5.41) is 2.79. The fourth-order valence-electron chi connectivity index (χ4n) is 1.64. The summed E-state index contributed by atoms with van der Waals surface area (Å²) in [6, 6.07) is 8.11. The number of nitrogens with one attached hydrogen (secondary N) is 1. The van der Waals surface area contributed by atoms with Crippen LogP contribution in [-0.4, -0.2) is 18.6 Å². The van der Waals surface area contributed by atoms with Gasteiger partial charge in [-0.15, -0.1) is 0 Å². The summed E-state index contributed by atoms with van der Waals surface area (Å²) in [5.41, 5.74) is 1.30. The molecule has 100 valence electrons. The fraction of sp³-hybridized carbons (Fsp3) is 0.533. The van der Waals surface area contributed by atoms with E-state index in [2.05, 4.69) is 31.3 Å². The minimum Gasteiger partial charge on any atom is -0.484 e. The van der Waals surface area contributed by atoms with Gasteiger partial charge in [0.1, 0.15) is 5.75 Å². The Bertz CT molecular complexity index is 371. The van der Waals surface area contributed by atoms with Gasteiger partial charge in [-0.1, -0.05) is 26.0 Å². The molecule has 18 heavy (non-hydrogen) atoms. The Morgan fingerprint density at radius 2 is 1.83 bits per heavy atom. The van der Waals surface area contributed by atoms with Gasteiger partial charge in [-0.2, -0.15) is 0 Å². The van der Waals surface area contributed by atoms with Crippen LogP contribution in [0, 0.1) is 0 Å². The third-order valence-electron chi connectivity index (χ3n) is 2.88. The van der Waals surface area contributed by atoms with Gasteiger partial charge in [0.05, 0.1) is 0 Å². The Hall–Kier alpha value is -1.51. The first-order valence-corrected chi connectivity index (χ1v) is 6.55. The SMILES string of the molecule is CCC(C)c1ccc(OCC(=O)NC(C)C)cc1. The van der Waals surface area contributed by atoms with E-state index in [4.69, 9.17) is 4.74 Å². The molecule has 1 atom stereocenters. The zero-order valence-corrected chi connectivity index (χ0v) is 11.7. The first-order valence-electron chi connectivity index (χ1n) is 6.55. The molecule has 0 aliphatic carbocycles. The quantitative estimate of drug-likeness (QED) is 0.841. The zero-order chi connectivity index (χ0) is 13.5. The molecule has 0 saturated heterocycles. The lowest BCUT2D eigenvalue weighted by molar-refractivity contribution is -0.123. The van der Waals surface area contributed by atoms with Crippen molar-refractivity contribution in [1.82, 2.24) is 5.32 Å². The van der Waals surface area contributed by atoms with Gasteiger partial charge >= 0.3 is 0 Å². The van der Waals surface area contributed by atoms with Crippen molar-refractivity contribution in [3.05, 3.63) is 29.8 Å². The Kier molecular flexibility index (Phi) is 5.69. The number of benzene rings is 1. The van der Waals surface area contributed by atoms with E-state index in [1.165, 1.54) is 5.56 Å². The van der Waals surface area contributed by atoms with Crippen LogP contribution in [0.15, 0.2) is 24.3 Å². The van der Waals surface area contributed by atoms with Crippen molar-refractivity contribution in [3.63, 3.8) is 0 Å². The monoisotopic (exact) mass is 249 g/mol. The number of hydrogen-bond donors (Lipinski definition) is 1. The fourth-order valence-corrected chi connectivity index (χ4v) is 1.64. The Morgan fingerprint density at radius 1 is 1.22 bits per heavy atom. The van der Waals surface area contributed by atoms with Crippen molar-refractivity contribution in [1.29, 1.82) is 0 Å². The number of hydrogen-bond acceptors (Lipinski definition) is 2. The van der Waals surface area contributed by atoms with E-state index in [9.17, 15) is 4.79 Å². The highest BCUT2D eigenvalue weighted by atomic mass is 16.5. The topological polar surface area (TPSA) is 38.3 Å². The second-order valence-electron chi connectivity index (χ2n) is 4.89. The largest absolute Gasteiger partial charge is 0.484 e. The van der Waals surface area contributed by atoms with Crippen LogP contribution in [0.3, 0.4) is 0 Å². The lowest BCUT2D eigenvalue weighted by Gasteiger charge is -2.11. The molecule has 1 N–H and O–H groups in total. The van der Waals surface area contributed by atoms with Gasteiger partial charge in [-0.25, -0.2) is 0 Å². The molecule has 0 saturated carbocycles. The Balaban J connectivity index is 2.46. The number of ether oxygens (including phenoxy) is 1. The molecular weight excluding hydrogens is 226 g/mol. The molecule has 1 unspecified atom stereocenters. The van der Waals surface area contributed by atoms with Gasteiger partial charge in [0.15, 0.2) is 6.61 Å². The molecule has 0 aromatic heterocycles. The van der Waals surface area contributed by atoms with Crippen LogP contribution in [0.4, 0.5) is 0 Å². The molecule has 0 spiro atoms. The summed E-state index contributed by atoms with van der Waals surface area (Å²) < 4.78 is 5.43. The van der Waals surface area contributed by atoms with Crippen molar-refractivity contribution in [2.45, 2.75) is 46.1 Å². The van der Waals surface area contributed by atoms with Gasteiger partial charge in [0.2, 0.25) is 0 Å². The predicted octanol–water partition coefficient (Wildman–Crippen LogP) is 3.10. The normalized spacial score (nSPS) is 12.3. The molecule has 3 heteroatoms. The maximum atomic E-state index is 11.4. The standard InChI is InChI=1S/C15H23NO2/c1-5-12(4)13-6-8-14(9-7-13)18-10-15(17)16-11(2)3/h6-9,11-12H,5,10H2,1-4H3,(H,16,17). The van der Waals surface area contributed by atoms with E-state index in [1.54, 1.807) is 0 Å². The first kappa shape index (κ1) is 14.6. The molecule has 3 nitrogen and oxygen atoms in total. The average molecular weight is 249 g/mol. The van der Waals surface area contributed by atoms with Crippen LogP contribution in [0.5, 0.6) is 5.75 Å². The van der Waals surface area contributed by atoms with Crippen LogP contribution in [0.2, 0.25) is 0 Å². The van der Waals surface area contributed by atoms with Crippen molar-refractivity contribution in [2.75, 3.05) is 6.61 Å². The van der Waals surface area contributed by atoms with E-state index in [0.717, 1.165) is 12.2 Å². The maximum absolute atomic E-state index is 11.4. The molecule has 1 aromatic carbocycles. The molecule has 0 bridgehead atoms. The highest BCUT2D eigenvalue weighted by molar-refractivity contribution is 5.77. The van der Waals surface area contributed by atoms with Crippen molar-refractivity contribution < 1.29 is 9.53 Å². The first-order chi connectivity index (χ1) is 8.52. The third-order valence-corrected chi connectivity index (χ3v) is 2.88. The zero-order valence-electron chi connectivity index (χ0n) is 11.7. The summed E-state index contributed by atoms with van der Waals surface area (Å²) in [6.07, 6.45) is 1.12. The van der Waals surface area contributed by atoms with E-state index < -0.39 is 0 Å². The van der Waals surface area contributed by atoms with Gasteiger partial charge in [0.25, 0.3) is 5.91 Å². The predicted molar refractivity (Wildman–Crippen MR) is 73.9 cm³/mol. The smallest absolute Gasteiger partial charge is 0.258 e. The summed E-state index contributed by atoms with van der Waals surface area (Å²) in [7, 11) is 0. The summed E-state index contributed by atoms with van der Waals surface area (Å²) in [5.74, 6) is 1.21. The summed E-state index contributed by atoms with van der Waals surface area (Å²) >= 11 is 0. The number of rotatable bonds is 6. The van der Waals surface area contributed by atoms with E-state index in [1.807, 2.05) is 26.0 Å². The molecule has 0 heterocycles. The van der Waals surface area contributed by atoms with Crippen molar-refractivity contribution >= 4 is 5.91 Å². The van der Waals surface area contributed by atoms with Crippen molar-refractivity contribution in [2.24, 2.45) is 0 Å². The van der Waals surface area contributed by atoms with Crippen molar-refractivity contribution in [3.8, 4) is 5.75 Å². The Labute approximate surface area is 110 Å². The van der Waals surface area contributed by atoms with E-state index >= 15 is 0 Å². The summed E-state index contributed by atoms with van der Waals surface area (Å²) in [4.78, 5) is 11.4. The Morgan fingerprint density at radius 3 is 2.33 bits per heavy atom. The molecule has 1 amide bonds. The number of carbonyl (C=O) groups is 1. The highest BCUT2D eigenvalue weighted by Crippen LogP contribution is 2.21. The lowest BCUT2D eigenvalue weighted by atomic mass is 9.99. The number of amides is 1. The van der Waals surface area contributed by atoms with Crippen LogP contribution in [0.1, 0.15) is 45.6 Å². The van der Waals surface area contributed by atoms with Crippen LogP contribution >= 0.6 is 0 Å². The van der Waals surface area contributed by atoms with Gasteiger partial charge in [-0.05, 0) is 43.9 Å². The van der Waals surface area contributed by atoms with E-state index in [-0.39, 0.29) is 18.6 Å². The molecule has 1 rings (SSSR count). The van der Waals surface area contributed by atoms with Gasteiger partial charge < -0.3 is 10.1 Å².